The highest BCUT2D eigenvalue weighted by Gasteiger charge is 2.17. The Kier molecular flexibility index (Phi) is 6.05. The molecule has 0 atom stereocenters. The summed E-state index contributed by atoms with van der Waals surface area (Å²) in [6.07, 6.45) is 0.786. The molecule has 0 amide bonds. The zero-order chi connectivity index (χ0) is 22.1. The van der Waals surface area contributed by atoms with Crippen molar-refractivity contribution < 1.29 is 5.11 Å². The van der Waals surface area contributed by atoms with Gasteiger partial charge in [-0.3, -0.25) is 4.79 Å². The number of H-pyrrole nitrogens is 1. The Morgan fingerprint density at radius 1 is 0.968 bits per heavy atom. The third-order valence-electron chi connectivity index (χ3n) is 5.25. The van der Waals surface area contributed by atoms with Gasteiger partial charge in [0, 0.05) is 11.6 Å². The van der Waals surface area contributed by atoms with Crippen LogP contribution in [0, 0.1) is 0 Å². The predicted octanol–water partition coefficient (Wildman–Crippen LogP) is 5.86. The number of aromatic nitrogens is 1. The first-order valence-electron chi connectivity index (χ1n) is 9.88. The molecule has 4 rings (SSSR count). The smallest absolute Gasteiger partial charge is 0.260 e. The van der Waals surface area contributed by atoms with Crippen LogP contribution in [0.3, 0.4) is 0 Å². The van der Waals surface area contributed by atoms with Gasteiger partial charge in [0.25, 0.3) is 5.56 Å². The Balaban J connectivity index is 1.70. The third kappa shape index (κ3) is 4.47. The summed E-state index contributed by atoms with van der Waals surface area (Å²) in [6, 6.07) is 19.2. The van der Waals surface area contributed by atoms with Crippen LogP contribution in [-0.2, 0) is 13.0 Å². The van der Waals surface area contributed by atoms with E-state index < -0.39 is 5.56 Å². The van der Waals surface area contributed by atoms with Gasteiger partial charge in [-0.1, -0.05) is 71.7 Å². The Hall–Kier alpha value is -2.79. The van der Waals surface area contributed by atoms with Crippen molar-refractivity contribution in [1.29, 1.82) is 0 Å². The van der Waals surface area contributed by atoms with Crippen molar-refractivity contribution in [2.24, 2.45) is 0 Å². The highest BCUT2D eigenvalue weighted by molar-refractivity contribution is 6.39. The number of benzene rings is 3. The van der Waals surface area contributed by atoms with E-state index in [1.54, 1.807) is 12.1 Å². The lowest BCUT2D eigenvalue weighted by atomic mass is 9.97. The van der Waals surface area contributed by atoms with Gasteiger partial charge in [-0.15, -0.1) is 0 Å². The molecule has 0 aliphatic rings. The summed E-state index contributed by atoms with van der Waals surface area (Å²) >= 11 is 12.3. The fraction of sp³-hybridized carbons (Fsp3) is 0.160. The van der Waals surface area contributed by atoms with Crippen molar-refractivity contribution in [3.8, 4) is 16.9 Å². The van der Waals surface area contributed by atoms with Crippen molar-refractivity contribution in [1.82, 2.24) is 9.88 Å². The summed E-state index contributed by atoms with van der Waals surface area (Å²) in [7, 11) is 4.11. The largest absolute Gasteiger partial charge is 0.506 e. The normalized spacial score (nSPS) is 11.4. The molecule has 4 aromatic rings. The molecule has 0 fully saturated rings. The summed E-state index contributed by atoms with van der Waals surface area (Å²) < 4.78 is 0. The second-order valence-electron chi connectivity index (χ2n) is 7.87. The van der Waals surface area contributed by atoms with Crippen molar-refractivity contribution >= 4 is 34.1 Å². The summed E-state index contributed by atoms with van der Waals surface area (Å²) in [6.45, 7) is 0.874. The molecule has 0 unspecified atom stereocenters. The molecular formula is C25H22Cl2N2O2. The highest BCUT2D eigenvalue weighted by Crippen LogP contribution is 2.37. The van der Waals surface area contributed by atoms with E-state index in [9.17, 15) is 9.90 Å². The summed E-state index contributed by atoms with van der Waals surface area (Å²) in [4.78, 5) is 17.6. The van der Waals surface area contributed by atoms with Gasteiger partial charge < -0.3 is 15.0 Å². The third-order valence-corrected chi connectivity index (χ3v) is 5.76. The van der Waals surface area contributed by atoms with Crippen LogP contribution in [0.2, 0.25) is 10.0 Å². The first-order chi connectivity index (χ1) is 14.8. The maximum atomic E-state index is 12.7. The number of hydrogen-bond donors (Lipinski definition) is 2. The molecule has 6 heteroatoms. The predicted molar refractivity (Wildman–Crippen MR) is 128 cm³/mol. The van der Waals surface area contributed by atoms with Crippen LogP contribution in [0.4, 0.5) is 0 Å². The zero-order valence-corrected chi connectivity index (χ0v) is 18.8. The van der Waals surface area contributed by atoms with E-state index in [4.69, 9.17) is 23.2 Å². The quantitative estimate of drug-likeness (QED) is 0.398. The molecule has 31 heavy (non-hydrogen) atoms. The maximum Gasteiger partial charge on any atom is 0.260 e. The topological polar surface area (TPSA) is 56.3 Å². The summed E-state index contributed by atoms with van der Waals surface area (Å²) in [5, 5.41) is 11.9. The van der Waals surface area contributed by atoms with Gasteiger partial charge >= 0.3 is 0 Å². The van der Waals surface area contributed by atoms with Crippen molar-refractivity contribution in [2.45, 2.75) is 13.0 Å². The SMILES string of the molecule is CN(C)Cc1ccccc1Cc1ccc(-c2c(O)c3c(Cl)cc(Cl)cc3[nH]c2=O)cc1. The van der Waals surface area contributed by atoms with Gasteiger partial charge in [-0.25, -0.2) is 0 Å². The monoisotopic (exact) mass is 452 g/mol. The lowest BCUT2D eigenvalue weighted by Gasteiger charge is -2.14. The van der Waals surface area contributed by atoms with Crippen LogP contribution in [0.25, 0.3) is 22.0 Å². The number of halogens is 2. The molecule has 0 aliphatic carbocycles. The Labute approximate surface area is 190 Å². The van der Waals surface area contributed by atoms with Gasteiger partial charge in [0.2, 0.25) is 0 Å². The fourth-order valence-corrected chi connectivity index (χ4v) is 4.42. The van der Waals surface area contributed by atoms with Crippen LogP contribution in [0.1, 0.15) is 16.7 Å². The molecule has 0 bridgehead atoms. The van der Waals surface area contributed by atoms with E-state index in [-0.39, 0.29) is 16.3 Å². The van der Waals surface area contributed by atoms with E-state index >= 15 is 0 Å². The minimum atomic E-state index is -0.396. The number of pyridine rings is 1. The van der Waals surface area contributed by atoms with Gasteiger partial charge in [0.05, 0.1) is 21.5 Å². The number of aromatic hydroxyl groups is 1. The summed E-state index contributed by atoms with van der Waals surface area (Å²) in [5.41, 5.74) is 4.49. The van der Waals surface area contributed by atoms with Crippen molar-refractivity contribution in [3.05, 3.63) is 97.8 Å². The number of hydrogen-bond acceptors (Lipinski definition) is 3. The standard InChI is InChI=1S/C25H22Cl2N2O2/c1-29(2)14-18-6-4-3-5-17(18)11-15-7-9-16(10-8-15)22-24(30)23-20(27)12-19(26)13-21(23)28-25(22)31/h3-10,12-13H,11,14H2,1-2H3,(H2,28,30,31). The number of nitrogens with one attached hydrogen (secondary N) is 1. The minimum Gasteiger partial charge on any atom is -0.506 e. The number of rotatable bonds is 5. The van der Waals surface area contributed by atoms with Crippen LogP contribution >= 0.6 is 23.2 Å². The lowest BCUT2D eigenvalue weighted by molar-refractivity contribution is 0.401. The Morgan fingerprint density at radius 3 is 2.32 bits per heavy atom. The molecule has 0 spiro atoms. The second kappa shape index (κ2) is 8.75. The Bertz CT molecular complexity index is 1310. The maximum absolute atomic E-state index is 12.7. The van der Waals surface area contributed by atoms with Gasteiger partial charge in [-0.05, 0) is 54.9 Å². The first-order valence-corrected chi connectivity index (χ1v) is 10.6. The summed E-state index contributed by atoms with van der Waals surface area (Å²) in [5.74, 6) is -0.149. The van der Waals surface area contributed by atoms with Gasteiger partial charge in [0.15, 0.2) is 0 Å². The average molecular weight is 453 g/mol. The molecular weight excluding hydrogens is 431 g/mol. The Morgan fingerprint density at radius 2 is 1.65 bits per heavy atom. The van der Waals surface area contributed by atoms with Crippen LogP contribution < -0.4 is 5.56 Å². The zero-order valence-electron chi connectivity index (χ0n) is 17.2. The van der Waals surface area contributed by atoms with E-state index in [2.05, 4.69) is 42.2 Å². The molecule has 1 aromatic heterocycles. The van der Waals surface area contributed by atoms with Crippen LogP contribution in [-0.4, -0.2) is 29.1 Å². The van der Waals surface area contributed by atoms with E-state index in [1.165, 1.54) is 11.1 Å². The first kappa shape index (κ1) is 21.4. The molecule has 1 heterocycles. The minimum absolute atomic E-state index is 0.149. The number of fused-ring (bicyclic) bond motifs is 1. The number of nitrogens with zero attached hydrogens (tertiary/aromatic N) is 1. The molecule has 0 saturated heterocycles. The van der Waals surface area contributed by atoms with Gasteiger partial charge in [-0.2, -0.15) is 0 Å². The fourth-order valence-electron chi connectivity index (χ4n) is 3.83. The average Bonchev–Trinajstić information content (AvgIpc) is 2.69. The second-order valence-corrected chi connectivity index (χ2v) is 8.71. The highest BCUT2D eigenvalue weighted by atomic mass is 35.5. The molecule has 0 aliphatic heterocycles. The molecule has 2 N–H and O–H groups in total. The van der Waals surface area contributed by atoms with Crippen LogP contribution in [0.5, 0.6) is 5.75 Å². The molecule has 3 aromatic carbocycles. The number of aromatic amines is 1. The van der Waals surface area contributed by atoms with Crippen molar-refractivity contribution in [3.63, 3.8) is 0 Å². The van der Waals surface area contributed by atoms with E-state index in [0.29, 0.717) is 21.5 Å². The molecule has 0 saturated carbocycles. The molecule has 0 radical (unpaired) electrons. The van der Waals surface area contributed by atoms with Gasteiger partial charge in [0.1, 0.15) is 5.75 Å². The van der Waals surface area contributed by atoms with E-state index in [0.717, 1.165) is 18.5 Å². The molecule has 4 nitrogen and oxygen atoms in total. The lowest BCUT2D eigenvalue weighted by Crippen LogP contribution is -2.12. The van der Waals surface area contributed by atoms with Crippen molar-refractivity contribution in [2.75, 3.05) is 14.1 Å². The van der Waals surface area contributed by atoms with Crippen LogP contribution in [0.15, 0.2) is 65.5 Å². The molecule has 158 valence electrons. The van der Waals surface area contributed by atoms with E-state index in [1.807, 2.05) is 30.3 Å².